The maximum atomic E-state index is 11.3. The number of pyridine rings is 1. The fraction of sp³-hybridized carbons (Fsp3) is 0.455. The van der Waals surface area contributed by atoms with Crippen LogP contribution in [0, 0.1) is 0 Å². The molecule has 0 aliphatic carbocycles. The second kappa shape index (κ2) is 4.94. The highest BCUT2D eigenvalue weighted by Crippen LogP contribution is 2.16. The molecule has 2 rings (SSSR count). The molecule has 0 bridgehead atoms. The van der Waals surface area contributed by atoms with Crippen LogP contribution in [0.3, 0.4) is 0 Å². The van der Waals surface area contributed by atoms with Crippen LogP contribution in [-0.4, -0.2) is 36.8 Å². The number of rotatable bonds is 3. The molecule has 86 valence electrons. The monoisotopic (exact) mass is 222 g/mol. The minimum Gasteiger partial charge on any atom is -0.487 e. The van der Waals surface area contributed by atoms with Gasteiger partial charge in [-0.25, -0.2) is 0 Å². The average molecular weight is 222 g/mol. The number of hydrogen-bond acceptors (Lipinski definition) is 5. The van der Waals surface area contributed by atoms with Gasteiger partial charge in [-0.2, -0.15) is 0 Å². The molecule has 16 heavy (non-hydrogen) atoms. The molecule has 5 heteroatoms. The molecule has 0 unspecified atom stereocenters. The summed E-state index contributed by atoms with van der Waals surface area (Å²) >= 11 is 0. The van der Waals surface area contributed by atoms with Gasteiger partial charge in [0.15, 0.2) is 0 Å². The number of aromatic nitrogens is 1. The lowest BCUT2D eigenvalue weighted by molar-refractivity contribution is -0.142. The molecule has 1 N–H and O–H groups in total. The molecule has 5 nitrogen and oxygen atoms in total. The van der Waals surface area contributed by atoms with Crippen molar-refractivity contribution in [2.24, 2.45) is 0 Å². The van der Waals surface area contributed by atoms with Crippen molar-refractivity contribution in [3.05, 3.63) is 24.5 Å². The molecule has 2 heterocycles. The number of methoxy groups -OCH3 is 1. The van der Waals surface area contributed by atoms with Crippen molar-refractivity contribution in [3.63, 3.8) is 0 Å². The van der Waals surface area contributed by atoms with Crippen molar-refractivity contribution in [2.45, 2.75) is 18.6 Å². The zero-order valence-corrected chi connectivity index (χ0v) is 9.05. The predicted molar refractivity (Wildman–Crippen MR) is 57.1 cm³/mol. The van der Waals surface area contributed by atoms with Crippen LogP contribution in [0.1, 0.15) is 6.42 Å². The van der Waals surface area contributed by atoms with Crippen molar-refractivity contribution in [3.8, 4) is 5.75 Å². The van der Waals surface area contributed by atoms with Gasteiger partial charge in [0.2, 0.25) is 0 Å². The molecule has 1 aliphatic heterocycles. The van der Waals surface area contributed by atoms with Crippen LogP contribution in [-0.2, 0) is 9.53 Å². The van der Waals surface area contributed by atoms with Gasteiger partial charge in [0.05, 0.1) is 13.3 Å². The van der Waals surface area contributed by atoms with Gasteiger partial charge >= 0.3 is 5.97 Å². The van der Waals surface area contributed by atoms with E-state index in [9.17, 15) is 4.79 Å². The molecule has 1 aromatic rings. The Bertz CT molecular complexity index is 356. The van der Waals surface area contributed by atoms with Gasteiger partial charge < -0.3 is 14.8 Å². The van der Waals surface area contributed by atoms with Gasteiger partial charge in [-0.05, 0) is 12.1 Å². The van der Waals surface area contributed by atoms with E-state index in [4.69, 9.17) is 4.74 Å². The quantitative estimate of drug-likeness (QED) is 0.748. The molecule has 0 spiro atoms. The Labute approximate surface area is 93.8 Å². The third-order valence-corrected chi connectivity index (χ3v) is 2.51. The molecule has 2 atom stereocenters. The zero-order valence-electron chi connectivity index (χ0n) is 9.05. The summed E-state index contributed by atoms with van der Waals surface area (Å²) in [5.41, 5.74) is 0. The first-order valence-electron chi connectivity index (χ1n) is 5.17. The molecule has 0 radical (unpaired) electrons. The third-order valence-electron chi connectivity index (χ3n) is 2.51. The van der Waals surface area contributed by atoms with E-state index in [1.807, 2.05) is 12.1 Å². The Hall–Kier alpha value is -1.62. The first-order chi connectivity index (χ1) is 7.79. The van der Waals surface area contributed by atoms with E-state index < -0.39 is 0 Å². The van der Waals surface area contributed by atoms with Gasteiger partial charge in [-0.3, -0.25) is 9.78 Å². The Morgan fingerprint density at radius 2 is 2.50 bits per heavy atom. The lowest BCUT2D eigenvalue weighted by Crippen LogP contribution is -2.31. The molecule has 1 fully saturated rings. The molecule has 1 aromatic heterocycles. The van der Waals surface area contributed by atoms with Crippen LogP contribution in [0.5, 0.6) is 5.75 Å². The van der Waals surface area contributed by atoms with Gasteiger partial charge in [0.1, 0.15) is 17.9 Å². The maximum absolute atomic E-state index is 11.3. The van der Waals surface area contributed by atoms with Crippen molar-refractivity contribution in [1.29, 1.82) is 0 Å². The minimum atomic E-state index is -0.258. The van der Waals surface area contributed by atoms with E-state index in [1.165, 1.54) is 7.11 Å². The Kier molecular flexibility index (Phi) is 3.36. The Morgan fingerprint density at radius 3 is 3.19 bits per heavy atom. The first-order valence-corrected chi connectivity index (χ1v) is 5.17. The molecule has 0 saturated carbocycles. The van der Waals surface area contributed by atoms with Gasteiger partial charge in [0.25, 0.3) is 0 Å². The number of hydrogen-bond donors (Lipinski definition) is 1. The van der Waals surface area contributed by atoms with E-state index >= 15 is 0 Å². The van der Waals surface area contributed by atoms with E-state index in [0.29, 0.717) is 13.0 Å². The highest BCUT2D eigenvalue weighted by Gasteiger charge is 2.31. The summed E-state index contributed by atoms with van der Waals surface area (Å²) in [6, 6.07) is 3.40. The second-order valence-electron chi connectivity index (χ2n) is 3.65. The highest BCUT2D eigenvalue weighted by atomic mass is 16.5. The topological polar surface area (TPSA) is 60.5 Å². The normalized spacial score (nSPS) is 24.1. The lowest BCUT2D eigenvalue weighted by atomic mass is 10.2. The Balaban J connectivity index is 1.88. The fourth-order valence-electron chi connectivity index (χ4n) is 1.72. The van der Waals surface area contributed by atoms with E-state index in [2.05, 4.69) is 15.0 Å². The second-order valence-corrected chi connectivity index (χ2v) is 3.65. The summed E-state index contributed by atoms with van der Waals surface area (Å²) in [6.07, 6.45) is 3.97. The van der Waals surface area contributed by atoms with Crippen molar-refractivity contribution >= 4 is 5.97 Å². The standard InChI is InChI=1S/C11H14N2O3/c1-15-11(14)10-5-9(7-13-10)16-8-3-2-4-12-6-8/h2-4,6,9-10,13H,5,7H2,1H3/t9-,10-/m1/s1. The van der Waals surface area contributed by atoms with Crippen LogP contribution in [0.4, 0.5) is 0 Å². The molecular weight excluding hydrogens is 208 g/mol. The Morgan fingerprint density at radius 1 is 1.62 bits per heavy atom. The predicted octanol–water partition coefficient (Wildman–Crippen LogP) is 0.364. The van der Waals surface area contributed by atoms with Crippen molar-refractivity contribution < 1.29 is 14.3 Å². The first kappa shape index (κ1) is 10.9. The molecule has 1 aliphatic rings. The maximum Gasteiger partial charge on any atom is 0.323 e. The van der Waals surface area contributed by atoms with Crippen LogP contribution < -0.4 is 10.1 Å². The number of ether oxygens (including phenoxy) is 2. The summed E-state index contributed by atoms with van der Waals surface area (Å²) in [5, 5.41) is 3.06. The minimum absolute atomic E-state index is 0.00620. The number of carbonyl (C=O) groups is 1. The number of nitrogens with one attached hydrogen (secondary N) is 1. The molecular formula is C11H14N2O3. The fourth-order valence-corrected chi connectivity index (χ4v) is 1.72. The van der Waals surface area contributed by atoms with Crippen molar-refractivity contribution in [2.75, 3.05) is 13.7 Å². The molecule has 0 amide bonds. The lowest BCUT2D eigenvalue weighted by Gasteiger charge is -2.11. The smallest absolute Gasteiger partial charge is 0.323 e. The summed E-state index contributed by atoms with van der Waals surface area (Å²) in [7, 11) is 1.39. The summed E-state index contributed by atoms with van der Waals surface area (Å²) < 4.78 is 10.3. The van der Waals surface area contributed by atoms with E-state index in [0.717, 1.165) is 5.75 Å². The van der Waals surface area contributed by atoms with E-state index in [1.54, 1.807) is 12.4 Å². The van der Waals surface area contributed by atoms with Crippen molar-refractivity contribution in [1.82, 2.24) is 10.3 Å². The largest absolute Gasteiger partial charge is 0.487 e. The number of nitrogens with zero attached hydrogens (tertiary/aromatic N) is 1. The van der Waals surface area contributed by atoms with Gasteiger partial charge in [-0.15, -0.1) is 0 Å². The third kappa shape index (κ3) is 2.49. The molecule has 0 aromatic carbocycles. The van der Waals surface area contributed by atoms with Crippen LogP contribution in [0.15, 0.2) is 24.5 Å². The van der Waals surface area contributed by atoms with Crippen LogP contribution >= 0.6 is 0 Å². The van der Waals surface area contributed by atoms with Gasteiger partial charge in [0, 0.05) is 19.2 Å². The SMILES string of the molecule is COC(=O)[C@H]1C[C@@H](Oc2cccnc2)CN1. The number of esters is 1. The summed E-state index contributed by atoms with van der Waals surface area (Å²) in [5.74, 6) is 0.483. The average Bonchev–Trinajstić information content (AvgIpc) is 2.78. The summed E-state index contributed by atoms with van der Waals surface area (Å²) in [6.45, 7) is 0.647. The number of carbonyl (C=O) groups excluding carboxylic acids is 1. The zero-order chi connectivity index (χ0) is 11.4. The van der Waals surface area contributed by atoms with E-state index in [-0.39, 0.29) is 18.1 Å². The van der Waals surface area contributed by atoms with Crippen LogP contribution in [0.25, 0.3) is 0 Å². The van der Waals surface area contributed by atoms with Crippen LogP contribution in [0.2, 0.25) is 0 Å². The highest BCUT2D eigenvalue weighted by molar-refractivity contribution is 5.76. The molecule has 1 saturated heterocycles. The van der Waals surface area contributed by atoms with Gasteiger partial charge in [-0.1, -0.05) is 0 Å². The summed E-state index contributed by atoms with van der Waals surface area (Å²) in [4.78, 5) is 15.2.